The van der Waals surface area contributed by atoms with Gasteiger partial charge in [-0.15, -0.1) is 12.4 Å². The van der Waals surface area contributed by atoms with Gasteiger partial charge in [-0.1, -0.05) is 11.6 Å². The van der Waals surface area contributed by atoms with Crippen molar-refractivity contribution in [3.63, 3.8) is 0 Å². The molecule has 1 aromatic rings. The minimum Gasteiger partial charge on any atom is -0.392 e. The number of aliphatic hydroxyl groups is 1. The van der Waals surface area contributed by atoms with Crippen molar-refractivity contribution in [2.24, 2.45) is 0 Å². The zero-order chi connectivity index (χ0) is 12.4. The fourth-order valence-corrected chi connectivity index (χ4v) is 1.89. The van der Waals surface area contributed by atoms with Crippen molar-refractivity contribution in [2.45, 2.75) is 18.6 Å². The molecule has 0 aromatic heterocycles. The number of carbonyl (C=O) groups excluding carboxylic acids is 1. The SMILES string of the molecule is Cl.O=C(Nc1ccc(Cl)cc1F)C1CC(O)CN1. The van der Waals surface area contributed by atoms with Crippen LogP contribution in [0.5, 0.6) is 0 Å². The van der Waals surface area contributed by atoms with Crippen LogP contribution in [-0.2, 0) is 4.79 Å². The Balaban J connectivity index is 0.00000162. The number of carbonyl (C=O) groups is 1. The topological polar surface area (TPSA) is 61.4 Å². The van der Waals surface area contributed by atoms with Crippen molar-refractivity contribution in [1.29, 1.82) is 0 Å². The fourth-order valence-electron chi connectivity index (χ4n) is 1.73. The maximum Gasteiger partial charge on any atom is 0.241 e. The maximum atomic E-state index is 13.4. The number of halogens is 3. The van der Waals surface area contributed by atoms with Crippen LogP contribution >= 0.6 is 24.0 Å². The Labute approximate surface area is 115 Å². The lowest BCUT2D eigenvalue weighted by atomic mass is 10.2. The standard InChI is InChI=1S/C11H12ClFN2O2.ClH/c12-6-1-2-9(8(13)3-6)15-11(17)10-4-7(16)5-14-10;/h1-3,7,10,14,16H,4-5H2,(H,15,17);1H. The number of rotatable bonds is 2. The lowest BCUT2D eigenvalue weighted by Gasteiger charge is -2.11. The molecule has 18 heavy (non-hydrogen) atoms. The van der Waals surface area contributed by atoms with Crippen molar-refractivity contribution in [2.75, 3.05) is 11.9 Å². The Morgan fingerprint density at radius 2 is 2.28 bits per heavy atom. The van der Waals surface area contributed by atoms with E-state index >= 15 is 0 Å². The molecule has 2 atom stereocenters. The van der Waals surface area contributed by atoms with Crippen LogP contribution < -0.4 is 10.6 Å². The van der Waals surface area contributed by atoms with E-state index in [2.05, 4.69) is 10.6 Å². The minimum absolute atomic E-state index is 0. The van der Waals surface area contributed by atoms with Crippen molar-refractivity contribution in [1.82, 2.24) is 5.32 Å². The van der Waals surface area contributed by atoms with E-state index < -0.39 is 18.0 Å². The first-order valence-corrected chi connectivity index (χ1v) is 5.61. The van der Waals surface area contributed by atoms with E-state index in [1.165, 1.54) is 12.1 Å². The molecule has 0 radical (unpaired) electrons. The molecule has 4 nitrogen and oxygen atoms in total. The first-order chi connectivity index (χ1) is 8.06. The van der Waals surface area contributed by atoms with Crippen molar-refractivity contribution in [3.8, 4) is 0 Å². The zero-order valence-electron chi connectivity index (χ0n) is 9.32. The highest BCUT2D eigenvalue weighted by molar-refractivity contribution is 6.30. The highest BCUT2D eigenvalue weighted by atomic mass is 35.5. The summed E-state index contributed by atoms with van der Waals surface area (Å²) in [6.45, 7) is 0.376. The van der Waals surface area contributed by atoms with E-state index in [0.717, 1.165) is 6.07 Å². The number of aliphatic hydroxyl groups excluding tert-OH is 1. The monoisotopic (exact) mass is 294 g/mol. The summed E-state index contributed by atoms with van der Waals surface area (Å²) >= 11 is 5.60. The van der Waals surface area contributed by atoms with Gasteiger partial charge in [0.15, 0.2) is 0 Å². The number of benzene rings is 1. The predicted octanol–water partition coefficient (Wildman–Crippen LogP) is 1.56. The molecule has 1 aliphatic heterocycles. The molecule has 1 amide bonds. The average molecular weight is 295 g/mol. The Morgan fingerprint density at radius 1 is 1.56 bits per heavy atom. The lowest BCUT2D eigenvalue weighted by molar-refractivity contribution is -0.118. The van der Waals surface area contributed by atoms with Crippen molar-refractivity contribution in [3.05, 3.63) is 29.0 Å². The number of amides is 1. The van der Waals surface area contributed by atoms with Gasteiger partial charge in [0.1, 0.15) is 5.82 Å². The number of anilines is 1. The molecule has 0 spiro atoms. The molecule has 0 aliphatic carbocycles. The highest BCUT2D eigenvalue weighted by Crippen LogP contribution is 2.19. The fraction of sp³-hybridized carbons (Fsp3) is 0.364. The van der Waals surface area contributed by atoms with E-state index in [9.17, 15) is 14.3 Å². The second kappa shape index (κ2) is 6.33. The number of hydrogen-bond donors (Lipinski definition) is 3. The molecule has 0 bridgehead atoms. The molecule has 2 rings (SSSR count). The Morgan fingerprint density at radius 3 is 2.83 bits per heavy atom. The number of hydrogen-bond acceptors (Lipinski definition) is 3. The van der Waals surface area contributed by atoms with Crippen LogP contribution in [-0.4, -0.2) is 29.7 Å². The first-order valence-electron chi connectivity index (χ1n) is 5.23. The second-order valence-electron chi connectivity index (χ2n) is 3.96. The number of nitrogens with one attached hydrogen (secondary N) is 2. The van der Waals surface area contributed by atoms with Gasteiger partial charge in [-0.2, -0.15) is 0 Å². The van der Waals surface area contributed by atoms with Gasteiger partial charge in [0, 0.05) is 11.6 Å². The largest absolute Gasteiger partial charge is 0.392 e. The van der Waals surface area contributed by atoms with Gasteiger partial charge in [-0.25, -0.2) is 4.39 Å². The van der Waals surface area contributed by atoms with Crippen LogP contribution in [0.2, 0.25) is 5.02 Å². The maximum absolute atomic E-state index is 13.4. The van der Waals surface area contributed by atoms with Crippen molar-refractivity contribution >= 4 is 35.6 Å². The summed E-state index contributed by atoms with van der Waals surface area (Å²) in [6.07, 6.45) is -0.193. The molecule has 3 N–H and O–H groups in total. The summed E-state index contributed by atoms with van der Waals surface area (Å²) in [5.41, 5.74) is 0.0857. The van der Waals surface area contributed by atoms with E-state index in [0.29, 0.717) is 13.0 Å². The molecule has 1 aliphatic rings. The zero-order valence-corrected chi connectivity index (χ0v) is 10.9. The first kappa shape index (κ1) is 15.2. The number of β-amino-alcohol motifs (C(OH)–C–C–N with tert-alkyl or cyclic N) is 1. The quantitative estimate of drug-likeness (QED) is 0.776. The van der Waals surface area contributed by atoms with Gasteiger partial charge in [-0.05, 0) is 24.6 Å². The molecule has 0 saturated carbocycles. The summed E-state index contributed by atoms with van der Waals surface area (Å²) < 4.78 is 13.4. The molecular weight excluding hydrogens is 282 g/mol. The highest BCUT2D eigenvalue weighted by Gasteiger charge is 2.28. The van der Waals surface area contributed by atoms with Gasteiger partial charge >= 0.3 is 0 Å². The van der Waals surface area contributed by atoms with Gasteiger partial charge in [0.05, 0.1) is 17.8 Å². The van der Waals surface area contributed by atoms with Crippen LogP contribution in [0.25, 0.3) is 0 Å². The molecule has 100 valence electrons. The Bertz CT molecular complexity index is 445. The lowest BCUT2D eigenvalue weighted by Crippen LogP contribution is -2.35. The van der Waals surface area contributed by atoms with Crippen molar-refractivity contribution < 1.29 is 14.3 Å². The smallest absolute Gasteiger partial charge is 0.241 e. The van der Waals surface area contributed by atoms with Gasteiger partial charge in [0.2, 0.25) is 5.91 Å². The molecular formula is C11H13Cl2FN2O2. The summed E-state index contributed by atoms with van der Waals surface area (Å²) in [6, 6.07) is 3.55. The van der Waals surface area contributed by atoms with Gasteiger partial charge < -0.3 is 15.7 Å². The molecule has 1 heterocycles. The summed E-state index contributed by atoms with van der Waals surface area (Å²) in [7, 11) is 0. The Hall–Kier alpha value is -0.880. The Kier molecular flexibility index (Phi) is 5.34. The third-order valence-corrected chi connectivity index (χ3v) is 2.85. The van der Waals surface area contributed by atoms with Crippen LogP contribution in [0.15, 0.2) is 18.2 Å². The summed E-state index contributed by atoms with van der Waals surface area (Å²) in [5, 5.41) is 14.8. The van der Waals surface area contributed by atoms with Crippen LogP contribution in [0, 0.1) is 5.82 Å². The predicted molar refractivity (Wildman–Crippen MR) is 69.7 cm³/mol. The minimum atomic E-state index is -0.579. The van der Waals surface area contributed by atoms with Gasteiger partial charge in [-0.3, -0.25) is 4.79 Å². The molecule has 2 unspecified atom stereocenters. The third kappa shape index (κ3) is 3.55. The molecule has 1 saturated heterocycles. The molecule has 1 fully saturated rings. The van der Waals surface area contributed by atoms with E-state index in [1.54, 1.807) is 0 Å². The normalized spacial score (nSPS) is 22.4. The molecule has 7 heteroatoms. The van der Waals surface area contributed by atoms with E-state index in [-0.39, 0.29) is 29.0 Å². The van der Waals surface area contributed by atoms with Gasteiger partial charge in [0.25, 0.3) is 0 Å². The third-order valence-electron chi connectivity index (χ3n) is 2.61. The van der Waals surface area contributed by atoms with Crippen LogP contribution in [0.3, 0.4) is 0 Å². The molecule has 1 aromatic carbocycles. The second-order valence-corrected chi connectivity index (χ2v) is 4.40. The van der Waals surface area contributed by atoms with Crippen LogP contribution in [0.1, 0.15) is 6.42 Å². The average Bonchev–Trinajstić information content (AvgIpc) is 2.69. The summed E-state index contributed by atoms with van der Waals surface area (Å²) in [5.74, 6) is -0.938. The van der Waals surface area contributed by atoms with E-state index in [4.69, 9.17) is 11.6 Å². The summed E-state index contributed by atoms with van der Waals surface area (Å²) in [4.78, 5) is 11.7. The van der Waals surface area contributed by atoms with Crippen LogP contribution in [0.4, 0.5) is 10.1 Å². The van der Waals surface area contributed by atoms with E-state index in [1.807, 2.05) is 0 Å².